The van der Waals surface area contributed by atoms with Crippen molar-refractivity contribution in [3.63, 3.8) is 0 Å². The van der Waals surface area contributed by atoms with Crippen LogP contribution >= 0.6 is 11.8 Å². The minimum atomic E-state index is -0.247. The summed E-state index contributed by atoms with van der Waals surface area (Å²) in [6.45, 7) is 0.707. The van der Waals surface area contributed by atoms with Gasteiger partial charge in [0.2, 0.25) is 5.91 Å². The predicted octanol–water partition coefficient (Wildman–Crippen LogP) is 1.60. The maximum atomic E-state index is 12.9. The van der Waals surface area contributed by atoms with Crippen molar-refractivity contribution < 1.29 is 9.18 Å². The minimum Gasteiger partial charge on any atom is -0.355 e. The van der Waals surface area contributed by atoms with Crippen molar-refractivity contribution in [3.05, 3.63) is 35.6 Å². The number of thioether (sulfide) groups is 1. The Morgan fingerprint density at radius 2 is 2.15 bits per heavy atom. The van der Waals surface area contributed by atoms with Gasteiger partial charge in [0.05, 0.1) is 0 Å². The Labute approximate surface area is 122 Å². The van der Waals surface area contributed by atoms with Crippen LogP contribution < -0.4 is 16.2 Å². The Kier molecular flexibility index (Phi) is 5.82. The smallest absolute Gasteiger partial charge is 0.238 e. The highest BCUT2D eigenvalue weighted by molar-refractivity contribution is 7.98. The highest BCUT2D eigenvalue weighted by Gasteiger charge is 2.29. The highest BCUT2D eigenvalue weighted by atomic mass is 32.2. The number of rotatable bonds is 6. The van der Waals surface area contributed by atoms with Gasteiger partial charge in [0.1, 0.15) is 11.9 Å². The molecule has 2 atom stereocenters. The first-order valence-electron chi connectivity index (χ1n) is 6.74. The second-order valence-electron chi connectivity index (χ2n) is 4.82. The molecule has 0 aromatic heterocycles. The van der Waals surface area contributed by atoms with Crippen LogP contribution in [0.25, 0.3) is 0 Å². The number of benzene rings is 1. The first kappa shape index (κ1) is 15.3. The largest absolute Gasteiger partial charge is 0.355 e. The third-order valence-electron chi connectivity index (χ3n) is 3.32. The van der Waals surface area contributed by atoms with Crippen molar-refractivity contribution in [3.8, 4) is 0 Å². The number of halogens is 1. The summed E-state index contributed by atoms with van der Waals surface area (Å²) in [7, 11) is 0. The first-order valence-corrected chi connectivity index (χ1v) is 8.13. The number of hydrogen-bond acceptors (Lipinski definition) is 4. The summed E-state index contributed by atoms with van der Waals surface area (Å²) in [4.78, 5) is 12.0. The average molecular weight is 297 g/mol. The lowest BCUT2D eigenvalue weighted by atomic mass is 10.0. The number of hydrogen-bond donors (Lipinski definition) is 3. The van der Waals surface area contributed by atoms with E-state index in [4.69, 9.17) is 0 Å². The van der Waals surface area contributed by atoms with Crippen LogP contribution in [-0.2, 0) is 4.79 Å². The quantitative estimate of drug-likeness (QED) is 0.698. The summed E-state index contributed by atoms with van der Waals surface area (Å²) in [5.74, 6) is 0.820. The summed E-state index contributed by atoms with van der Waals surface area (Å²) in [6.07, 6.45) is 3.70. The molecule has 1 aromatic rings. The second kappa shape index (κ2) is 7.61. The van der Waals surface area contributed by atoms with Gasteiger partial charge in [-0.2, -0.15) is 11.8 Å². The van der Waals surface area contributed by atoms with Gasteiger partial charge in [0.25, 0.3) is 0 Å². The van der Waals surface area contributed by atoms with Crippen LogP contribution in [0.3, 0.4) is 0 Å². The van der Waals surface area contributed by atoms with Gasteiger partial charge in [-0.3, -0.25) is 4.79 Å². The van der Waals surface area contributed by atoms with Gasteiger partial charge >= 0.3 is 0 Å². The van der Waals surface area contributed by atoms with E-state index in [-0.39, 0.29) is 23.8 Å². The SMILES string of the molecule is CSCCCNC(=O)C1CC(c2ccc(F)cc2)NN1. The third-order valence-corrected chi connectivity index (χ3v) is 4.01. The number of nitrogens with one attached hydrogen (secondary N) is 3. The maximum absolute atomic E-state index is 12.9. The average Bonchev–Trinajstić information content (AvgIpc) is 2.94. The molecule has 6 heteroatoms. The van der Waals surface area contributed by atoms with Crippen LogP contribution in [0.5, 0.6) is 0 Å². The lowest BCUT2D eigenvalue weighted by molar-refractivity contribution is -0.122. The van der Waals surface area contributed by atoms with E-state index in [0.29, 0.717) is 13.0 Å². The molecule has 0 saturated carbocycles. The molecule has 1 aromatic carbocycles. The van der Waals surface area contributed by atoms with Crippen LogP contribution in [-0.4, -0.2) is 30.5 Å². The van der Waals surface area contributed by atoms with Gasteiger partial charge in [-0.25, -0.2) is 15.2 Å². The van der Waals surface area contributed by atoms with Crippen molar-refractivity contribution in [1.82, 2.24) is 16.2 Å². The fourth-order valence-electron chi connectivity index (χ4n) is 2.19. The van der Waals surface area contributed by atoms with Gasteiger partial charge in [-0.05, 0) is 42.5 Å². The van der Waals surface area contributed by atoms with E-state index in [9.17, 15) is 9.18 Å². The van der Waals surface area contributed by atoms with Crippen LogP contribution in [0.1, 0.15) is 24.4 Å². The Hall–Kier alpha value is -1.11. The molecule has 1 fully saturated rings. The molecule has 3 N–H and O–H groups in total. The number of amides is 1. The van der Waals surface area contributed by atoms with Crippen LogP contribution in [0.15, 0.2) is 24.3 Å². The van der Waals surface area contributed by atoms with E-state index in [1.807, 2.05) is 0 Å². The van der Waals surface area contributed by atoms with Gasteiger partial charge < -0.3 is 5.32 Å². The van der Waals surface area contributed by atoms with E-state index in [1.165, 1.54) is 12.1 Å². The van der Waals surface area contributed by atoms with Gasteiger partial charge in [-0.1, -0.05) is 12.1 Å². The number of hydrazine groups is 1. The van der Waals surface area contributed by atoms with Crippen molar-refractivity contribution in [2.24, 2.45) is 0 Å². The molecule has 110 valence electrons. The molecular formula is C14H20FN3OS. The topological polar surface area (TPSA) is 53.2 Å². The van der Waals surface area contributed by atoms with Crippen molar-refractivity contribution >= 4 is 17.7 Å². The molecule has 1 saturated heterocycles. The Bertz CT molecular complexity index is 441. The zero-order chi connectivity index (χ0) is 14.4. The molecule has 2 rings (SSSR count). The fourth-order valence-corrected chi connectivity index (χ4v) is 2.63. The van der Waals surface area contributed by atoms with Gasteiger partial charge in [0.15, 0.2) is 0 Å². The lowest BCUT2D eigenvalue weighted by Gasteiger charge is -2.10. The van der Waals surface area contributed by atoms with Crippen LogP contribution in [0, 0.1) is 5.82 Å². The van der Waals surface area contributed by atoms with Gasteiger partial charge in [0, 0.05) is 12.6 Å². The predicted molar refractivity (Wildman–Crippen MR) is 79.8 cm³/mol. The lowest BCUT2D eigenvalue weighted by Crippen LogP contribution is -2.43. The van der Waals surface area contributed by atoms with E-state index < -0.39 is 0 Å². The van der Waals surface area contributed by atoms with E-state index in [0.717, 1.165) is 17.7 Å². The Morgan fingerprint density at radius 1 is 1.40 bits per heavy atom. The molecule has 20 heavy (non-hydrogen) atoms. The molecular weight excluding hydrogens is 277 g/mol. The molecule has 1 heterocycles. The normalized spacial score (nSPS) is 21.9. The molecule has 0 spiro atoms. The minimum absolute atomic E-state index is 0.0169. The summed E-state index contributed by atoms with van der Waals surface area (Å²) in [6, 6.07) is 6.16. The highest BCUT2D eigenvalue weighted by Crippen LogP contribution is 2.22. The zero-order valence-corrected chi connectivity index (χ0v) is 12.3. The number of carbonyl (C=O) groups excluding carboxylic acids is 1. The van der Waals surface area contributed by atoms with E-state index in [1.54, 1.807) is 23.9 Å². The van der Waals surface area contributed by atoms with Crippen LogP contribution in [0.2, 0.25) is 0 Å². The molecule has 4 nitrogen and oxygen atoms in total. The molecule has 0 bridgehead atoms. The summed E-state index contributed by atoms with van der Waals surface area (Å²) in [5.41, 5.74) is 7.07. The fraction of sp³-hybridized carbons (Fsp3) is 0.500. The van der Waals surface area contributed by atoms with Crippen LogP contribution in [0.4, 0.5) is 4.39 Å². The molecule has 1 amide bonds. The third kappa shape index (κ3) is 4.19. The van der Waals surface area contributed by atoms with E-state index >= 15 is 0 Å². The summed E-state index contributed by atoms with van der Waals surface area (Å²) >= 11 is 1.77. The van der Waals surface area contributed by atoms with Gasteiger partial charge in [-0.15, -0.1) is 0 Å². The zero-order valence-electron chi connectivity index (χ0n) is 11.5. The summed E-state index contributed by atoms with van der Waals surface area (Å²) in [5, 5.41) is 2.93. The van der Waals surface area contributed by atoms with E-state index in [2.05, 4.69) is 22.4 Å². The molecule has 0 aliphatic carbocycles. The first-order chi connectivity index (χ1) is 9.70. The Balaban J connectivity index is 1.79. The maximum Gasteiger partial charge on any atom is 0.238 e. The second-order valence-corrected chi connectivity index (χ2v) is 5.80. The molecule has 1 aliphatic heterocycles. The number of carbonyl (C=O) groups is 1. The summed E-state index contributed by atoms with van der Waals surface area (Å²) < 4.78 is 12.9. The monoisotopic (exact) mass is 297 g/mol. The van der Waals surface area contributed by atoms with Crippen molar-refractivity contribution in [2.45, 2.75) is 24.9 Å². The van der Waals surface area contributed by atoms with Crippen molar-refractivity contribution in [1.29, 1.82) is 0 Å². The molecule has 1 aliphatic rings. The molecule has 2 unspecified atom stereocenters. The Morgan fingerprint density at radius 3 is 2.85 bits per heavy atom. The standard InChI is InChI=1S/C14H20FN3OS/c1-20-8-2-7-16-14(19)13-9-12(17-18-13)10-3-5-11(15)6-4-10/h3-6,12-13,17-18H,2,7-9H2,1H3,(H,16,19). The molecule has 0 radical (unpaired) electrons. The van der Waals surface area contributed by atoms with Crippen molar-refractivity contribution in [2.75, 3.05) is 18.6 Å².